The number of carbonyl (C=O) groups is 1. The van der Waals surface area contributed by atoms with E-state index in [9.17, 15) is 9.18 Å². The quantitative estimate of drug-likeness (QED) is 0.624. The third-order valence-electron chi connectivity index (χ3n) is 2.98. The molecule has 0 bridgehead atoms. The van der Waals surface area contributed by atoms with Gasteiger partial charge in [0.05, 0.1) is 12.7 Å². The average molecular weight is 325 g/mol. The maximum atomic E-state index is 13.1. The van der Waals surface area contributed by atoms with Gasteiger partial charge in [0.25, 0.3) is 0 Å². The summed E-state index contributed by atoms with van der Waals surface area (Å²) in [6.45, 7) is 0.362. The van der Waals surface area contributed by atoms with Crippen molar-refractivity contribution in [2.75, 3.05) is 11.9 Å². The molecule has 0 aliphatic heterocycles. The lowest BCUT2D eigenvalue weighted by Gasteiger charge is -2.09. The Morgan fingerprint density at radius 3 is 3.04 bits per heavy atom. The van der Waals surface area contributed by atoms with Crippen LogP contribution < -0.4 is 10.1 Å². The van der Waals surface area contributed by atoms with Crippen LogP contribution in [0.2, 0.25) is 0 Å². The molecule has 1 aromatic heterocycles. The second-order valence-electron chi connectivity index (χ2n) is 4.84. The van der Waals surface area contributed by atoms with Crippen LogP contribution in [0.1, 0.15) is 18.4 Å². The average Bonchev–Trinajstić information content (AvgIpc) is 2.58. The number of amides is 1. The SMILES string of the molecule is N#CCCCOc1cccnc1NC(=O)C=Cc1cccc(F)c1. The van der Waals surface area contributed by atoms with Crippen LogP contribution in [0.4, 0.5) is 10.2 Å². The van der Waals surface area contributed by atoms with Gasteiger partial charge in [-0.2, -0.15) is 5.26 Å². The van der Waals surface area contributed by atoms with Gasteiger partial charge in [0.1, 0.15) is 5.82 Å². The number of rotatable bonds is 7. The number of ether oxygens (including phenoxy) is 1. The van der Waals surface area contributed by atoms with Gasteiger partial charge in [-0.1, -0.05) is 12.1 Å². The molecule has 1 amide bonds. The highest BCUT2D eigenvalue weighted by Gasteiger charge is 2.07. The summed E-state index contributed by atoms with van der Waals surface area (Å²) in [5.74, 6) is -0.0403. The summed E-state index contributed by atoms with van der Waals surface area (Å²) in [5, 5.41) is 11.1. The molecule has 24 heavy (non-hydrogen) atoms. The second kappa shape index (κ2) is 9.06. The number of unbranched alkanes of at least 4 members (excludes halogenated alkanes) is 1. The second-order valence-corrected chi connectivity index (χ2v) is 4.84. The van der Waals surface area contributed by atoms with Crippen molar-refractivity contribution in [2.24, 2.45) is 0 Å². The fourth-order valence-electron chi connectivity index (χ4n) is 1.87. The van der Waals surface area contributed by atoms with E-state index in [-0.39, 0.29) is 5.82 Å². The molecule has 1 heterocycles. The fraction of sp³-hybridized carbons (Fsp3) is 0.167. The van der Waals surface area contributed by atoms with Crippen molar-refractivity contribution in [1.29, 1.82) is 5.26 Å². The molecule has 0 spiro atoms. The number of nitrogens with zero attached hydrogens (tertiary/aromatic N) is 2. The molecule has 2 aromatic rings. The lowest BCUT2D eigenvalue weighted by Crippen LogP contribution is -2.11. The van der Waals surface area contributed by atoms with Crippen molar-refractivity contribution in [1.82, 2.24) is 4.98 Å². The van der Waals surface area contributed by atoms with Crippen molar-refractivity contribution in [3.8, 4) is 11.8 Å². The van der Waals surface area contributed by atoms with Crippen molar-refractivity contribution in [3.05, 3.63) is 60.1 Å². The highest BCUT2D eigenvalue weighted by molar-refractivity contribution is 6.02. The van der Waals surface area contributed by atoms with Crippen molar-refractivity contribution in [2.45, 2.75) is 12.8 Å². The topological polar surface area (TPSA) is 75.0 Å². The zero-order valence-corrected chi connectivity index (χ0v) is 12.9. The predicted octanol–water partition coefficient (Wildman–Crippen LogP) is 3.56. The first kappa shape index (κ1) is 17.2. The van der Waals surface area contributed by atoms with Gasteiger partial charge in [0.15, 0.2) is 11.6 Å². The number of aromatic nitrogens is 1. The van der Waals surface area contributed by atoms with E-state index in [4.69, 9.17) is 10.00 Å². The molecule has 0 atom stereocenters. The first-order valence-corrected chi connectivity index (χ1v) is 7.38. The van der Waals surface area contributed by atoms with Gasteiger partial charge in [-0.25, -0.2) is 9.37 Å². The number of pyridine rings is 1. The molecule has 1 N–H and O–H groups in total. The maximum Gasteiger partial charge on any atom is 0.249 e. The van der Waals surface area contributed by atoms with Gasteiger partial charge in [-0.3, -0.25) is 4.79 Å². The normalized spacial score (nSPS) is 10.3. The first-order valence-electron chi connectivity index (χ1n) is 7.38. The van der Waals surface area contributed by atoms with Crippen LogP contribution in [0.5, 0.6) is 5.75 Å². The summed E-state index contributed by atoms with van der Waals surface area (Å²) >= 11 is 0. The smallest absolute Gasteiger partial charge is 0.249 e. The Labute approximate surface area is 139 Å². The van der Waals surface area contributed by atoms with E-state index >= 15 is 0 Å². The van der Waals surface area contributed by atoms with Gasteiger partial charge in [-0.05, 0) is 42.3 Å². The summed E-state index contributed by atoms with van der Waals surface area (Å²) < 4.78 is 18.6. The molecule has 122 valence electrons. The summed E-state index contributed by atoms with van der Waals surface area (Å²) in [4.78, 5) is 16.0. The van der Waals surface area contributed by atoms with Crippen LogP contribution in [-0.2, 0) is 4.79 Å². The first-order chi connectivity index (χ1) is 11.7. The maximum absolute atomic E-state index is 13.1. The van der Waals surface area contributed by atoms with E-state index < -0.39 is 5.91 Å². The van der Waals surface area contributed by atoms with Gasteiger partial charge in [-0.15, -0.1) is 0 Å². The highest BCUT2D eigenvalue weighted by atomic mass is 19.1. The zero-order valence-electron chi connectivity index (χ0n) is 12.9. The van der Waals surface area contributed by atoms with Crippen LogP contribution in [0.25, 0.3) is 6.08 Å². The molecular formula is C18H16FN3O2. The Morgan fingerprint density at radius 2 is 2.25 bits per heavy atom. The van der Waals surface area contributed by atoms with Crippen LogP contribution in [0.3, 0.4) is 0 Å². The molecule has 0 saturated carbocycles. The molecule has 2 rings (SSSR count). The van der Waals surface area contributed by atoms with Gasteiger partial charge in [0, 0.05) is 18.7 Å². The Bertz CT molecular complexity index is 769. The van der Waals surface area contributed by atoms with E-state index in [0.29, 0.717) is 36.6 Å². The molecule has 0 fully saturated rings. The van der Waals surface area contributed by atoms with Crippen LogP contribution in [0.15, 0.2) is 48.7 Å². The summed E-state index contributed by atoms with van der Waals surface area (Å²) in [6.07, 6.45) is 5.34. The van der Waals surface area contributed by atoms with Crippen molar-refractivity contribution >= 4 is 17.8 Å². The number of hydrogen-bond acceptors (Lipinski definition) is 4. The fourth-order valence-corrected chi connectivity index (χ4v) is 1.87. The monoisotopic (exact) mass is 325 g/mol. The Hall–Kier alpha value is -3.20. The molecule has 0 unspecified atom stereocenters. The third kappa shape index (κ3) is 5.54. The largest absolute Gasteiger partial charge is 0.490 e. The number of nitrogens with one attached hydrogen (secondary N) is 1. The predicted molar refractivity (Wildman–Crippen MR) is 88.6 cm³/mol. The number of anilines is 1. The minimum atomic E-state index is -0.403. The van der Waals surface area contributed by atoms with Gasteiger partial charge >= 0.3 is 0 Å². The number of carbonyl (C=O) groups excluding carboxylic acids is 1. The number of halogens is 1. The van der Waals surface area contributed by atoms with Crippen LogP contribution >= 0.6 is 0 Å². The number of nitriles is 1. The van der Waals surface area contributed by atoms with Crippen molar-refractivity contribution in [3.63, 3.8) is 0 Å². The molecule has 6 heteroatoms. The summed E-state index contributed by atoms with van der Waals surface area (Å²) in [5.41, 5.74) is 0.583. The molecule has 0 radical (unpaired) electrons. The van der Waals surface area contributed by atoms with E-state index in [0.717, 1.165) is 0 Å². The Morgan fingerprint density at radius 1 is 1.38 bits per heavy atom. The van der Waals surface area contributed by atoms with E-state index in [1.165, 1.54) is 30.5 Å². The van der Waals surface area contributed by atoms with Gasteiger partial charge < -0.3 is 10.1 Å². The molecular weight excluding hydrogens is 309 g/mol. The summed E-state index contributed by atoms with van der Waals surface area (Å²) in [6, 6.07) is 11.3. The minimum Gasteiger partial charge on any atom is -0.490 e. The van der Waals surface area contributed by atoms with Crippen LogP contribution in [-0.4, -0.2) is 17.5 Å². The number of benzene rings is 1. The molecule has 0 saturated heterocycles. The van der Waals surface area contributed by atoms with E-state index in [2.05, 4.69) is 10.3 Å². The molecule has 1 aromatic carbocycles. The Balaban J connectivity index is 1.97. The van der Waals surface area contributed by atoms with Crippen molar-refractivity contribution < 1.29 is 13.9 Å². The third-order valence-corrected chi connectivity index (χ3v) is 2.98. The minimum absolute atomic E-state index is 0.295. The molecule has 5 nitrogen and oxygen atoms in total. The summed E-state index contributed by atoms with van der Waals surface area (Å²) in [7, 11) is 0. The van der Waals surface area contributed by atoms with Crippen LogP contribution in [0, 0.1) is 17.1 Å². The van der Waals surface area contributed by atoms with E-state index in [1.807, 2.05) is 6.07 Å². The van der Waals surface area contributed by atoms with E-state index in [1.54, 1.807) is 24.3 Å². The molecule has 0 aliphatic rings. The Kier molecular flexibility index (Phi) is 6.47. The standard InChI is InChI=1S/C18H16FN3O2/c19-15-6-3-5-14(13-15)8-9-17(23)22-18-16(7-4-11-21-18)24-12-2-1-10-20/h3-9,11,13H,1-2,12H2,(H,21,22,23). The number of hydrogen-bond donors (Lipinski definition) is 1. The highest BCUT2D eigenvalue weighted by Crippen LogP contribution is 2.21. The lowest BCUT2D eigenvalue weighted by atomic mass is 10.2. The lowest BCUT2D eigenvalue weighted by molar-refractivity contribution is -0.111. The molecule has 0 aliphatic carbocycles. The van der Waals surface area contributed by atoms with Gasteiger partial charge in [0.2, 0.25) is 5.91 Å². The zero-order chi connectivity index (χ0) is 17.2.